The number of esters is 1. The van der Waals surface area contributed by atoms with Gasteiger partial charge in [-0.05, 0) is 49.9 Å². The van der Waals surface area contributed by atoms with E-state index in [0.29, 0.717) is 18.0 Å². The molecule has 2 aliphatic carbocycles. The fourth-order valence-electron chi connectivity index (χ4n) is 3.42. The Hall–Kier alpha value is -1.26. The third kappa shape index (κ3) is 4.39. The van der Waals surface area contributed by atoms with Gasteiger partial charge in [-0.15, -0.1) is 12.4 Å². The molecule has 23 heavy (non-hydrogen) atoms. The number of ether oxygens (including phenoxy) is 1. The number of fused-ring (bicyclic) bond motifs is 1. The van der Waals surface area contributed by atoms with E-state index in [1.54, 1.807) is 0 Å². The summed E-state index contributed by atoms with van der Waals surface area (Å²) in [5.41, 5.74) is 2.41. The number of aliphatic hydroxyl groups is 1. The normalized spacial score (nSPS) is 20.4. The summed E-state index contributed by atoms with van der Waals surface area (Å²) >= 11 is 0. The molecule has 0 bridgehead atoms. The molecular weight excluding hydrogens is 314 g/mol. The zero-order valence-corrected chi connectivity index (χ0v) is 15.1. The van der Waals surface area contributed by atoms with Gasteiger partial charge in [0.15, 0.2) is 0 Å². The summed E-state index contributed by atoms with van der Waals surface area (Å²) in [4.78, 5) is 14.5. The molecule has 0 saturated carbocycles. The lowest BCUT2D eigenvalue weighted by atomic mass is 9.81. The van der Waals surface area contributed by atoms with Crippen LogP contribution in [0.4, 0.5) is 0 Å². The maximum atomic E-state index is 11.9. The van der Waals surface area contributed by atoms with Gasteiger partial charge in [0.2, 0.25) is 0 Å². The van der Waals surface area contributed by atoms with Crippen molar-refractivity contribution in [3.8, 4) is 0 Å². The van der Waals surface area contributed by atoms with Crippen molar-refractivity contribution >= 4 is 18.4 Å². The number of halogens is 1. The Morgan fingerprint density at radius 1 is 1.30 bits per heavy atom. The van der Waals surface area contributed by atoms with Crippen LogP contribution in [0.1, 0.15) is 46.0 Å². The summed E-state index contributed by atoms with van der Waals surface area (Å²) in [7, 11) is 1.36. The SMILES string of the molecule is CCCN(CCC)C1CC=C2C(=CCC(O)=C2C(=O)OC)C1.Cl. The minimum absolute atomic E-state index is 0. The molecule has 0 aromatic rings. The smallest absolute Gasteiger partial charge is 0.341 e. The summed E-state index contributed by atoms with van der Waals surface area (Å²) in [6.07, 6.45) is 8.74. The molecule has 0 spiro atoms. The van der Waals surface area contributed by atoms with Crippen LogP contribution >= 0.6 is 12.4 Å². The van der Waals surface area contributed by atoms with Gasteiger partial charge >= 0.3 is 5.97 Å². The van der Waals surface area contributed by atoms with Crippen LogP contribution in [-0.4, -0.2) is 42.2 Å². The van der Waals surface area contributed by atoms with Gasteiger partial charge in [0, 0.05) is 12.5 Å². The van der Waals surface area contributed by atoms with E-state index in [1.165, 1.54) is 12.7 Å². The zero-order valence-electron chi connectivity index (χ0n) is 14.3. The van der Waals surface area contributed by atoms with Crippen molar-refractivity contribution in [2.75, 3.05) is 20.2 Å². The highest BCUT2D eigenvalue weighted by Crippen LogP contribution is 2.37. The van der Waals surface area contributed by atoms with Crippen molar-refractivity contribution in [3.05, 3.63) is 34.6 Å². The minimum Gasteiger partial charge on any atom is -0.511 e. The second kappa shape index (κ2) is 9.14. The van der Waals surface area contributed by atoms with Gasteiger partial charge in [0.05, 0.1) is 7.11 Å². The lowest BCUT2D eigenvalue weighted by Crippen LogP contribution is -2.38. The van der Waals surface area contributed by atoms with Crippen molar-refractivity contribution in [2.24, 2.45) is 0 Å². The quantitative estimate of drug-likeness (QED) is 0.743. The molecule has 0 aliphatic heterocycles. The molecule has 1 unspecified atom stereocenters. The monoisotopic (exact) mass is 341 g/mol. The first-order valence-electron chi connectivity index (χ1n) is 8.26. The Morgan fingerprint density at radius 3 is 2.52 bits per heavy atom. The van der Waals surface area contributed by atoms with Gasteiger partial charge in [-0.2, -0.15) is 0 Å². The van der Waals surface area contributed by atoms with E-state index in [9.17, 15) is 9.90 Å². The van der Waals surface area contributed by atoms with Crippen LogP contribution in [0.15, 0.2) is 34.6 Å². The Bertz CT molecular complexity index is 516. The van der Waals surface area contributed by atoms with Crippen LogP contribution in [0.3, 0.4) is 0 Å². The number of aliphatic hydroxyl groups excluding tert-OH is 1. The predicted octanol–water partition coefficient (Wildman–Crippen LogP) is 3.93. The van der Waals surface area contributed by atoms with Crippen molar-refractivity contribution in [2.45, 2.75) is 52.0 Å². The Morgan fingerprint density at radius 2 is 1.96 bits per heavy atom. The van der Waals surface area contributed by atoms with Gasteiger partial charge in [-0.25, -0.2) is 4.79 Å². The fraction of sp³-hybridized carbons (Fsp3) is 0.611. The number of nitrogens with zero attached hydrogens (tertiary/aromatic N) is 1. The van der Waals surface area contributed by atoms with Crippen LogP contribution in [0.2, 0.25) is 0 Å². The third-order valence-electron chi connectivity index (χ3n) is 4.42. The third-order valence-corrected chi connectivity index (χ3v) is 4.42. The molecule has 0 aromatic carbocycles. The highest BCUT2D eigenvalue weighted by Gasteiger charge is 2.31. The Kier molecular flexibility index (Phi) is 7.86. The Balaban J connectivity index is 0.00000264. The molecule has 2 aliphatic rings. The molecule has 0 amide bonds. The Labute approximate surface area is 145 Å². The first-order chi connectivity index (χ1) is 10.6. The molecule has 5 heteroatoms. The average Bonchev–Trinajstić information content (AvgIpc) is 2.53. The van der Waals surface area contributed by atoms with Crippen molar-refractivity contribution in [1.29, 1.82) is 0 Å². The number of carbonyl (C=O) groups is 1. The summed E-state index contributed by atoms with van der Waals surface area (Å²) < 4.78 is 4.83. The average molecular weight is 342 g/mol. The van der Waals surface area contributed by atoms with Crippen molar-refractivity contribution < 1.29 is 14.6 Å². The summed E-state index contributed by atoms with van der Waals surface area (Å²) in [5.74, 6) is -0.314. The molecule has 0 heterocycles. The summed E-state index contributed by atoms with van der Waals surface area (Å²) in [6, 6.07) is 0.494. The standard InChI is InChI=1S/C18H27NO3.ClH/c1-4-10-19(11-5-2)14-7-8-15-13(12-14)6-9-16(20)17(15)18(21)22-3;/h6,8,14,20H,4-5,7,9-12H2,1-3H3;1H. The van der Waals surface area contributed by atoms with E-state index >= 15 is 0 Å². The molecule has 1 N–H and O–H groups in total. The first-order valence-corrected chi connectivity index (χ1v) is 8.26. The highest BCUT2D eigenvalue weighted by atomic mass is 35.5. The molecule has 130 valence electrons. The highest BCUT2D eigenvalue weighted by molar-refractivity contribution is 5.96. The molecule has 0 saturated heterocycles. The van der Waals surface area contributed by atoms with Crippen LogP contribution in [0.25, 0.3) is 0 Å². The number of allylic oxidation sites excluding steroid dienone is 1. The number of methoxy groups -OCH3 is 1. The molecular formula is C18H28ClNO3. The number of carbonyl (C=O) groups excluding carboxylic acids is 1. The number of hydrogen-bond acceptors (Lipinski definition) is 4. The second-order valence-corrected chi connectivity index (χ2v) is 5.99. The summed E-state index contributed by atoms with van der Waals surface area (Å²) in [5, 5.41) is 10.0. The molecule has 0 aromatic heterocycles. The largest absolute Gasteiger partial charge is 0.511 e. The molecule has 4 nitrogen and oxygen atoms in total. The predicted molar refractivity (Wildman–Crippen MR) is 94.9 cm³/mol. The minimum atomic E-state index is -0.438. The molecule has 0 radical (unpaired) electrons. The van der Waals surface area contributed by atoms with E-state index in [0.717, 1.165) is 44.3 Å². The molecule has 1 atom stereocenters. The fourth-order valence-corrected chi connectivity index (χ4v) is 3.42. The number of hydrogen-bond donors (Lipinski definition) is 1. The van der Waals surface area contributed by atoms with Crippen LogP contribution in [0.5, 0.6) is 0 Å². The van der Waals surface area contributed by atoms with Gasteiger partial charge < -0.3 is 9.84 Å². The van der Waals surface area contributed by atoms with Crippen molar-refractivity contribution in [3.63, 3.8) is 0 Å². The van der Waals surface area contributed by atoms with E-state index in [1.807, 2.05) is 0 Å². The molecule has 2 rings (SSSR count). The van der Waals surface area contributed by atoms with Gasteiger partial charge in [-0.1, -0.05) is 26.0 Å². The van der Waals surface area contributed by atoms with E-state index in [2.05, 4.69) is 30.9 Å². The topological polar surface area (TPSA) is 49.8 Å². The van der Waals surface area contributed by atoms with E-state index in [4.69, 9.17) is 4.74 Å². The second-order valence-electron chi connectivity index (χ2n) is 5.99. The van der Waals surface area contributed by atoms with Crippen LogP contribution in [0, 0.1) is 0 Å². The maximum absolute atomic E-state index is 11.9. The zero-order chi connectivity index (χ0) is 16.1. The van der Waals surface area contributed by atoms with Gasteiger partial charge in [-0.3, -0.25) is 4.90 Å². The van der Waals surface area contributed by atoms with Crippen LogP contribution in [-0.2, 0) is 9.53 Å². The lowest BCUT2D eigenvalue weighted by molar-refractivity contribution is -0.136. The molecule has 0 fully saturated rings. The summed E-state index contributed by atoms with van der Waals surface area (Å²) in [6.45, 7) is 6.64. The van der Waals surface area contributed by atoms with Crippen LogP contribution < -0.4 is 0 Å². The van der Waals surface area contributed by atoms with E-state index < -0.39 is 5.97 Å². The van der Waals surface area contributed by atoms with E-state index in [-0.39, 0.29) is 18.2 Å². The maximum Gasteiger partial charge on any atom is 0.341 e. The van der Waals surface area contributed by atoms with Crippen molar-refractivity contribution in [1.82, 2.24) is 4.90 Å². The lowest BCUT2D eigenvalue weighted by Gasteiger charge is -2.36. The number of rotatable bonds is 6. The van der Waals surface area contributed by atoms with Gasteiger partial charge in [0.25, 0.3) is 0 Å². The van der Waals surface area contributed by atoms with Gasteiger partial charge in [0.1, 0.15) is 11.3 Å². The first kappa shape index (κ1) is 19.8.